The highest BCUT2D eigenvalue weighted by atomic mass is 32.2. The third kappa shape index (κ3) is 6.59. The zero-order valence-electron chi connectivity index (χ0n) is 21.4. The molecule has 3 unspecified atom stereocenters. The number of epoxide rings is 1. The first-order valence-electron chi connectivity index (χ1n) is 11.7. The largest absolute Gasteiger partial charge is 0.462 e. The molecule has 3 atom stereocenters. The number of carbonyl (C=O) groups is 1. The van der Waals surface area contributed by atoms with Crippen molar-refractivity contribution in [2.45, 2.75) is 79.1 Å². The molecule has 4 nitrogen and oxygen atoms in total. The van der Waals surface area contributed by atoms with Gasteiger partial charge < -0.3 is 9.47 Å². The van der Waals surface area contributed by atoms with Crippen molar-refractivity contribution in [2.75, 3.05) is 13.2 Å². The van der Waals surface area contributed by atoms with Crippen molar-refractivity contribution in [1.29, 1.82) is 5.26 Å². The van der Waals surface area contributed by atoms with Crippen LogP contribution in [-0.2, 0) is 14.3 Å². The molecule has 33 heavy (non-hydrogen) atoms. The maximum atomic E-state index is 13.7. The van der Waals surface area contributed by atoms with E-state index in [1.54, 1.807) is 0 Å². The van der Waals surface area contributed by atoms with Gasteiger partial charge >= 0.3 is 5.97 Å². The molecule has 1 aliphatic rings. The molecule has 1 saturated heterocycles. The minimum absolute atomic E-state index is 0.00214. The average Bonchev–Trinajstić information content (AvgIpc) is 3.55. The summed E-state index contributed by atoms with van der Waals surface area (Å²) in [6.45, 7) is 17.5. The summed E-state index contributed by atoms with van der Waals surface area (Å²) in [5.74, 6) is 0.108. The first kappa shape index (κ1) is 27.8. The second-order valence-corrected chi connectivity index (χ2v) is 13.6. The van der Waals surface area contributed by atoms with Crippen LogP contribution in [0.15, 0.2) is 30.3 Å². The molecule has 1 aromatic rings. The van der Waals surface area contributed by atoms with Crippen molar-refractivity contribution >= 4 is 34.1 Å². The van der Waals surface area contributed by atoms with Gasteiger partial charge in [-0.05, 0) is 57.4 Å². The summed E-state index contributed by atoms with van der Waals surface area (Å²) in [5.41, 5.74) is -0.955. The molecule has 1 aromatic carbocycles. The monoisotopic (exact) mass is 489 g/mol. The van der Waals surface area contributed by atoms with Crippen LogP contribution in [-0.4, -0.2) is 34.2 Å². The summed E-state index contributed by atoms with van der Waals surface area (Å²) in [6, 6.07) is 12.5. The van der Waals surface area contributed by atoms with Crippen molar-refractivity contribution in [3.63, 3.8) is 0 Å². The third-order valence-corrected chi connectivity index (χ3v) is 9.16. The molecular weight excluding hydrogens is 450 g/mol. The van der Waals surface area contributed by atoms with Gasteiger partial charge in [0.15, 0.2) is 0 Å². The lowest BCUT2D eigenvalue weighted by molar-refractivity contribution is -0.160. The van der Waals surface area contributed by atoms with E-state index in [1.165, 1.54) is 11.8 Å². The van der Waals surface area contributed by atoms with Gasteiger partial charge in [0.25, 0.3) is 0 Å². The van der Waals surface area contributed by atoms with Gasteiger partial charge in [0.05, 0.1) is 27.7 Å². The van der Waals surface area contributed by atoms with Gasteiger partial charge in [0, 0.05) is 4.75 Å². The molecular formula is C27H39NO3S2. The quantitative estimate of drug-likeness (QED) is 0.193. The zero-order valence-corrected chi connectivity index (χ0v) is 23.0. The van der Waals surface area contributed by atoms with Crippen LogP contribution < -0.4 is 0 Å². The minimum Gasteiger partial charge on any atom is -0.462 e. The maximum Gasteiger partial charge on any atom is 0.313 e. The van der Waals surface area contributed by atoms with Crippen LogP contribution in [0, 0.1) is 33.5 Å². The van der Waals surface area contributed by atoms with Gasteiger partial charge in [0.2, 0.25) is 0 Å². The van der Waals surface area contributed by atoms with Crippen molar-refractivity contribution in [1.82, 2.24) is 0 Å². The number of carbonyl (C=O) groups excluding carboxylic acids is 1. The van der Waals surface area contributed by atoms with Crippen molar-refractivity contribution in [3.8, 4) is 6.07 Å². The summed E-state index contributed by atoms with van der Waals surface area (Å²) in [6.07, 6.45) is 1.25. The SMILES string of the molecule is CC(C)CC(C)(C#N)C(C)(C)CC(C)(C(=O)OCC1CO1)C(C)(C)SC(=S)c1ccccc1. The van der Waals surface area contributed by atoms with Crippen molar-refractivity contribution in [2.24, 2.45) is 22.2 Å². The normalized spacial score (nSPS) is 19.8. The van der Waals surface area contributed by atoms with Crippen LogP contribution in [0.1, 0.15) is 73.8 Å². The standard InChI is InChI=1S/C27H39NO3S2/c1-19(2)14-26(7,18-28)24(3,4)17-27(8,23(29)31-16-21-15-30-21)25(5,6)33-22(32)20-12-10-9-11-13-20/h9-13,19,21H,14-17H2,1-8H3. The molecule has 0 amide bonds. The first-order valence-corrected chi connectivity index (χ1v) is 12.9. The number of rotatable bonds is 11. The summed E-state index contributed by atoms with van der Waals surface area (Å²) in [4.78, 5) is 13.7. The van der Waals surface area contributed by atoms with E-state index in [9.17, 15) is 10.1 Å². The lowest BCUT2D eigenvalue weighted by Gasteiger charge is -2.49. The predicted molar refractivity (Wildman–Crippen MR) is 140 cm³/mol. The number of benzene rings is 1. The summed E-state index contributed by atoms with van der Waals surface area (Å²) >= 11 is 7.30. The topological polar surface area (TPSA) is 62.6 Å². The predicted octanol–water partition coefficient (Wildman–Crippen LogP) is 6.81. The molecule has 0 bridgehead atoms. The molecule has 0 saturated carbocycles. The Labute approximate surface area is 209 Å². The van der Waals surface area contributed by atoms with Crippen LogP contribution in [0.3, 0.4) is 0 Å². The van der Waals surface area contributed by atoms with Crippen molar-refractivity contribution < 1.29 is 14.3 Å². The van der Waals surface area contributed by atoms with Crippen LogP contribution in [0.5, 0.6) is 0 Å². The van der Waals surface area contributed by atoms with Gasteiger partial charge in [-0.15, -0.1) is 11.8 Å². The molecule has 1 aliphatic heterocycles. The molecule has 0 aliphatic carbocycles. The number of thiocarbonyl (C=S) groups is 1. The Hall–Kier alpha value is -1.42. The second-order valence-electron chi connectivity index (χ2n) is 11.3. The minimum atomic E-state index is -0.885. The van der Waals surface area contributed by atoms with Gasteiger partial charge in [-0.2, -0.15) is 5.26 Å². The van der Waals surface area contributed by atoms with Crippen LogP contribution in [0.25, 0.3) is 0 Å². The van der Waals surface area contributed by atoms with Crippen LogP contribution in [0.2, 0.25) is 0 Å². The average molecular weight is 490 g/mol. The molecule has 0 aromatic heterocycles. The molecule has 6 heteroatoms. The number of hydrogen-bond donors (Lipinski definition) is 0. The summed E-state index contributed by atoms with van der Waals surface area (Å²) < 4.78 is 11.2. The van der Waals surface area contributed by atoms with E-state index in [2.05, 4.69) is 47.6 Å². The Morgan fingerprint density at radius 3 is 2.27 bits per heavy atom. The van der Waals surface area contributed by atoms with E-state index in [0.29, 0.717) is 18.9 Å². The highest BCUT2D eigenvalue weighted by molar-refractivity contribution is 8.24. The first-order chi connectivity index (χ1) is 15.2. The van der Waals surface area contributed by atoms with Gasteiger partial charge in [-0.25, -0.2) is 0 Å². The Morgan fingerprint density at radius 2 is 1.79 bits per heavy atom. The molecule has 182 valence electrons. The number of thioether (sulfide) groups is 1. The molecule has 0 radical (unpaired) electrons. The number of esters is 1. The third-order valence-electron chi connectivity index (χ3n) is 7.29. The van der Waals surface area contributed by atoms with E-state index in [4.69, 9.17) is 21.7 Å². The Balaban J connectivity index is 2.40. The Kier molecular flexibility index (Phi) is 8.82. The molecule has 0 spiro atoms. The Morgan fingerprint density at radius 1 is 1.21 bits per heavy atom. The second kappa shape index (κ2) is 10.5. The zero-order chi connectivity index (χ0) is 25.1. The van der Waals surface area contributed by atoms with E-state index in [1.807, 2.05) is 44.2 Å². The fourth-order valence-electron chi connectivity index (χ4n) is 4.37. The Bertz CT molecular complexity index is 886. The molecule has 1 fully saturated rings. The molecule has 1 heterocycles. The highest BCUT2D eigenvalue weighted by Crippen LogP contribution is 2.56. The van der Waals surface area contributed by atoms with E-state index in [-0.39, 0.29) is 18.7 Å². The lowest BCUT2D eigenvalue weighted by Crippen LogP contribution is -2.52. The van der Waals surface area contributed by atoms with Crippen molar-refractivity contribution in [3.05, 3.63) is 35.9 Å². The fraction of sp³-hybridized carbons (Fsp3) is 0.667. The fourth-order valence-corrected chi connectivity index (χ4v) is 6.23. The molecule has 2 rings (SSSR count). The number of nitrogens with zero attached hydrogens (tertiary/aromatic N) is 1. The van der Waals surface area contributed by atoms with E-state index >= 15 is 0 Å². The molecule has 0 N–H and O–H groups in total. The maximum absolute atomic E-state index is 13.7. The number of ether oxygens (including phenoxy) is 2. The summed E-state index contributed by atoms with van der Waals surface area (Å²) in [7, 11) is 0. The van der Waals surface area contributed by atoms with Crippen LogP contribution in [0.4, 0.5) is 0 Å². The highest BCUT2D eigenvalue weighted by Gasteiger charge is 2.56. The smallest absolute Gasteiger partial charge is 0.313 e. The van der Waals surface area contributed by atoms with Gasteiger partial charge in [-0.3, -0.25) is 4.79 Å². The number of hydrogen-bond acceptors (Lipinski definition) is 6. The summed E-state index contributed by atoms with van der Waals surface area (Å²) in [5, 5.41) is 10.2. The lowest BCUT2D eigenvalue weighted by atomic mass is 9.56. The van der Waals surface area contributed by atoms with Crippen LogP contribution >= 0.6 is 24.0 Å². The van der Waals surface area contributed by atoms with Gasteiger partial charge in [-0.1, -0.05) is 70.2 Å². The van der Waals surface area contributed by atoms with Gasteiger partial charge in [0.1, 0.15) is 12.7 Å². The number of nitriles is 1. The van der Waals surface area contributed by atoms with E-state index < -0.39 is 21.0 Å². The van der Waals surface area contributed by atoms with E-state index in [0.717, 1.165) is 16.2 Å².